The lowest BCUT2D eigenvalue weighted by Gasteiger charge is -2.32. The first kappa shape index (κ1) is 14.1. The minimum atomic E-state index is -0.642. The van der Waals surface area contributed by atoms with Crippen LogP contribution in [0.2, 0.25) is 0 Å². The monoisotopic (exact) mass is 267 g/mol. The summed E-state index contributed by atoms with van der Waals surface area (Å²) in [6.45, 7) is 9.76. The number of oxazole rings is 1. The minimum absolute atomic E-state index is 0.0911. The Hall–Kier alpha value is -1.34. The molecule has 1 fully saturated rings. The summed E-state index contributed by atoms with van der Waals surface area (Å²) in [5.41, 5.74) is -0.483. The molecule has 0 unspecified atom stereocenters. The number of carbonyl (C=O) groups excluding carboxylic acids is 1. The van der Waals surface area contributed by atoms with E-state index in [2.05, 4.69) is 4.98 Å². The van der Waals surface area contributed by atoms with Crippen LogP contribution in [0.15, 0.2) is 10.7 Å². The van der Waals surface area contributed by atoms with Crippen molar-refractivity contribution >= 4 is 18.7 Å². The van der Waals surface area contributed by atoms with Crippen LogP contribution in [-0.2, 0) is 14.0 Å². The van der Waals surface area contributed by atoms with E-state index < -0.39 is 24.3 Å². The van der Waals surface area contributed by atoms with Crippen molar-refractivity contribution in [3.8, 4) is 0 Å². The molecule has 104 valence electrons. The van der Waals surface area contributed by atoms with Gasteiger partial charge in [0.15, 0.2) is 0 Å². The van der Waals surface area contributed by atoms with Gasteiger partial charge in [-0.05, 0) is 34.6 Å². The minimum Gasteiger partial charge on any atom is -0.459 e. The summed E-state index contributed by atoms with van der Waals surface area (Å²) in [6.07, 6.45) is 1.36. The van der Waals surface area contributed by atoms with Crippen molar-refractivity contribution in [2.24, 2.45) is 0 Å². The van der Waals surface area contributed by atoms with Gasteiger partial charge in [-0.15, -0.1) is 0 Å². The molecule has 0 spiro atoms. The molecule has 0 aliphatic carbocycles. The van der Waals surface area contributed by atoms with Crippen molar-refractivity contribution in [2.45, 2.75) is 45.8 Å². The van der Waals surface area contributed by atoms with Crippen LogP contribution in [0.1, 0.15) is 45.3 Å². The molecule has 0 radical (unpaired) electrons. The molecule has 0 atom stereocenters. The van der Waals surface area contributed by atoms with Crippen LogP contribution < -0.4 is 5.59 Å². The first-order valence-corrected chi connectivity index (χ1v) is 6.25. The van der Waals surface area contributed by atoms with Crippen molar-refractivity contribution in [1.82, 2.24) is 4.98 Å². The fraction of sp³-hybridized carbons (Fsp3) is 0.667. The highest BCUT2D eigenvalue weighted by Gasteiger charge is 2.53. The fourth-order valence-corrected chi connectivity index (χ4v) is 1.64. The second-order valence-corrected chi connectivity index (χ2v) is 5.39. The molecule has 0 N–H and O–H groups in total. The maximum atomic E-state index is 11.5. The molecule has 1 aliphatic rings. The molecule has 0 saturated carbocycles. The highest BCUT2D eigenvalue weighted by Crippen LogP contribution is 2.36. The van der Waals surface area contributed by atoms with Gasteiger partial charge in [-0.25, -0.2) is 9.78 Å². The average molecular weight is 267 g/mol. The van der Waals surface area contributed by atoms with Crippen LogP contribution in [-0.4, -0.2) is 35.9 Å². The van der Waals surface area contributed by atoms with Crippen LogP contribution in [0.25, 0.3) is 0 Å². The Morgan fingerprint density at radius 2 is 1.89 bits per heavy atom. The van der Waals surface area contributed by atoms with Crippen molar-refractivity contribution in [2.75, 3.05) is 6.61 Å². The lowest BCUT2D eigenvalue weighted by molar-refractivity contribution is 0.00578. The maximum Gasteiger partial charge on any atom is 0.517 e. The van der Waals surface area contributed by atoms with E-state index >= 15 is 0 Å². The zero-order valence-electron chi connectivity index (χ0n) is 11.9. The summed E-state index contributed by atoms with van der Waals surface area (Å²) in [5.74, 6) is -0.683. The standard InChI is InChI=1S/C12H18BNO5/c1-6-16-10(15)9-14-8(7-17-9)13-18-11(2,3)12(4,5)19-13/h7H,6H2,1-5H3. The largest absolute Gasteiger partial charge is 0.517 e. The van der Waals surface area contributed by atoms with E-state index in [-0.39, 0.29) is 12.5 Å². The third-order valence-electron chi connectivity index (χ3n) is 3.47. The third kappa shape index (κ3) is 2.53. The average Bonchev–Trinajstić information content (AvgIpc) is 2.83. The van der Waals surface area contributed by atoms with E-state index in [1.807, 2.05) is 27.7 Å². The summed E-state index contributed by atoms with van der Waals surface area (Å²) >= 11 is 0. The number of nitrogens with zero attached hydrogens (tertiary/aromatic N) is 1. The molecule has 1 saturated heterocycles. The summed E-state index contributed by atoms with van der Waals surface area (Å²) in [5, 5.41) is 0. The van der Waals surface area contributed by atoms with E-state index in [9.17, 15) is 4.79 Å². The van der Waals surface area contributed by atoms with Gasteiger partial charge in [0.05, 0.1) is 17.8 Å². The predicted octanol–water partition coefficient (Wildman–Crippen LogP) is 1.15. The van der Waals surface area contributed by atoms with E-state index in [0.717, 1.165) is 0 Å². The molecule has 1 aromatic rings. The van der Waals surface area contributed by atoms with E-state index in [1.54, 1.807) is 6.92 Å². The molecular weight excluding hydrogens is 249 g/mol. The van der Waals surface area contributed by atoms with Crippen molar-refractivity contribution in [1.29, 1.82) is 0 Å². The lowest BCUT2D eigenvalue weighted by atomic mass is 9.86. The lowest BCUT2D eigenvalue weighted by Crippen LogP contribution is -2.41. The Kier molecular flexibility index (Phi) is 3.44. The van der Waals surface area contributed by atoms with Crippen LogP contribution in [0, 0.1) is 0 Å². The normalized spacial score (nSPS) is 20.6. The van der Waals surface area contributed by atoms with Crippen molar-refractivity contribution in [3.05, 3.63) is 12.2 Å². The van der Waals surface area contributed by atoms with Gasteiger partial charge in [0.1, 0.15) is 11.9 Å². The number of ether oxygens (including phenoxy) is 1. The zero-order valence-corrected chi connectivity index (χ0v) is 11.9. The van der Waals surface area contributed by atoms with Crippen LogP contribution in [0.4, 0.5) is 0 Å². The van der Waals surface area contributed by atoms with Gasteiger partial charge < -0.3 is 18.5 Å². The van der Waals surface area contributed by atoms with Gasteiger partial charge >= 0.3 is 19.0 Å². The maximum absolute atomic E-state index is 11.5. The number of aromatic nitrogens is 1. The molecule has 2 rings (SSSR count). The molecule has 1 aliphatic heterocycles. The second-order valence-electron chi connectivity index (χ2n) is 5.39. The number of hydrogen-bond donors (Lipinski definition) is 0. The fourth-order valence-electron chi connectivity index (χ4n) is 1.64. The van der Waals surface area contributed by atoms with Gasteiger partial charge in [0.2, 0.25) is 0 Å². The Labute approximate surface area is 112 Å². The summed E-state index contributed by atoms with van der Waals surface area (Å²) in [4.78, 5) is 15.5. The summed E-state index contributed by atoms with van der Waals surface area (Å²) in [7, 11) is -0.642. The van der Waals surface area contributed by atoms with Crippen LogP contribution in [0.3, 0.4) is 0 Å². The summed E-state index contributed by atoms with van der Waals surface area (Å²) in [6, 6.07) is 0. The smallest absolute Gasteiger partial charge is 0.459 e. The Balaban J connectivity index is 2.15. The Morgan fingerprint density at radius 1 is 1.32 bits per heavy atom. The Morgan fingerprint density at radius 3 is 2.42 bits per heavy atom. The highest BCUT2D eigenvalue weighted by molar-refractivity contribution is 6.61. The molecular formula is C12H18BNO5. The van der Waals surface area contributed by atoms with Gasteiger partial charge in [-0.2, -0.15) is 0 Å². The quantitative estimate of drug-likeness (QED) is 0.604. The SMILES string of the molecule is CCOC(=O)c1nc(B2OC(C)(C)C(C)(C)O2)co1. The first-order chi connectivity index (χ1) is 8.77. The third-order valence-corrected chi connectivity index (χ3v) is 3.47. The molecule has 0 amide bonds. The summed E-state index contributed by atoms with van der Waals surface area (Å²) < 4.78 is 21.5. The topological polar surface area (TPSA) is 70.8 Å². The highest BCUT2D eigenvalue weighted by atomic mass is 16.7. The predicted molar refractivity (Wildman–Crippen MR) is 68.2 cm³/mol. The zero-order chi connectivity index (χ0) is 14.3. The molecule has 0 aromatic carbocycles. The number of esters is 1. The van der Waals surface area contributed by atoms with Gasteiger partial charge in [-0.1, -0.05) is 0 Å². The molecule has 1 aromatic heterocycles. The second kappa shape index (κ2) is 4.65. The van der Waals surface area contributed by atoms with Crippen molar-refractivity contribution in [3.63, 3.8) is 0 Å². The molecule has 7 heteroatoms. The number of rotatable bonds is 3. The molecule has 6 nitrogen and oxygen atoms in total. The first-order valence-electron chi connectivity index (χ1n) is 6.25. The van der Waals surface area contributed by atoms with Gasteiger partial charge in [0.25, 0.3) is 0 Å². The molecule has 2 heterocycles. The van der Waals surface area contributed by atoms with Crippen LogP contribution >= 0.6 is 0 Å². The van der Waals surface area contributed by atoms with Gasteiger partial charge in [-0.3, -0.25) is 0 Å². The van der Waals surface area contributed by atoms with Crippen LogP contribution in [0.5, 0.6) is 0 Å². The number of carbonyl (C=O) groups is 1. The molecule has 19 heavy (non-hydrogen) atoms. The number of hydrogen-bond acceptors (Lipinski definition) is 6. The van der Waals surface area contributed by atoms with E-state index in [0.29, 0.717) is 5.59 Å². The van der Waals surface area contributed by atoms with Gasteiger partial charge in [0, 0.05) is 0 Å². The molecule has 0 bridgehead atoms. The van der Waals surface area contributed by atoms with E-state index in [1.165, 1.54) is 6.26 Å². The Bertz CT molecular complexity index is 466. The van der Waals surface area contributed by atoms with E-state index in [4.69, 9.17) is 18.5 Å². The van der Waals surface area contributed by atoms with Crippen molar-refractivity contribution < 1.29 is 23.3 Å².